The van der Waals surface area contributed by atoms with Gasteiger partial charge in [-0.2, -0.15) is 5.26 Å². The zero-order chi connectivity index (χ0) is 25.0. The summed E-state index contributed by atoms with van der Waals surface area (Å²) < 4.78 is 21.8. The number of carbonyl (C=O) groups is 1. The lowest BCUT2D eigenvalue weighted by atomic mass is 9.89. The van der Waals surface area contributed by atoms with Gasteiger partial charge in [-0.25, -0.2) is 14.2 Å². The summed E-state index contributed by atoms with van der Waals surface area (Å²) in [6.07, 6.45) is 4.54. The molecule has 0 spiro atoms. The van der Waals surface area contributed by atoms with Crippen molar-refractivity contribution in [3.8, 4) is 11.8 Å². The lowest BCUT2D eigenvalue weighted by Crippen LogP contribution is -2.03. The fourth-order valence-electron chi connectivity index (χ4n) is 5.06. The van der Waals surface area contributed by atoms with Crippen LogP contribution in [0.5, 0.6) is 5.75 Å². The zero-order valence-electron chi connectivity index (χ0n) is 19.6. The van der Waals surface area contributed by atoms with Crippen molar-refractivity contribution in [2.75, 3.05) is 0 Å². The van der Waals surface area contributed by atoms with Gasteiger partial charge in [0.15, 0.2) is 5.65 Å². The van der Waals surface area contributed by atoms with Gasteiger partial charge in [0.1, 0.15) is 23.7 Å². The van der Waals surface area contributed by atoms with Crippen LogP contribution in [0.1, 0.15) is 69.7 Å². The van der Waals surface area contributed by atoms with E-state index in [9.17, 15) is 19.6 Å². The van der Waals surface area contributed by atoms with Crippen LogP contribution >= 0.6 is 0 Å². The Bertz CT molecular complexity index is 1640. The average molecular weight is 480 g/mol. The van der Waals surface area contributed by atoms with E-state index in [4.69, 9.17) is 9.72 Å². The van der Waals surface area contributed by atoms with E-state index in [-0.39, 0.29) is 12.2 Å². The van der Waals surface area contributed by atoms with Gasteiger partial charge in [0, 0.05) is 41.3 Å². The molecule has 1 saturated carbocycles. The highest BCUT2D eigenvalue weighted by Gasteiger charge is 2.31. The summed E-state index contributed by atoms with van der Waals surface area (Å²) in [6, 6.07) is 16.0. The van der Waals surface area contributed by atoms with Crippen molar-refractivity contribution in [1.82, 2.24) is 9.38 Å². The van der Waals surface area contributed by atoms with E-state index in [2.05, 4.69) is 12.1 Å². The van der Waals surface area contributed by atoms with Crippen LogP contribution in [0.15, 0.2) is 60.3 Å². The molecule has 7 heteroatoms. The van der Waals surface area contributed by atoms with Crippen LogP contribution in [0.25, 0.3) is 11.2 Å². The molecule has 0 atom stereocenters. The van der Waals surface area contributed by atoms with E-state index in [1.54, 1.807) is 25.1 Å². The van der Waals surface area contributed by atoms with Crippen LogP contribution in [0.3, 0.4) is 0 Å². The number of aromatic nitrogens is 2. The molecule has 3 heterocycles. The number of pyridine rings is 1. The Morgan fingerprint density at radius 2 is 2.03 bits per heavy atom. The number of aromatic carboxylic acids is 1. The second-order valence-electron chi connectivity index (χ2n) is 9.35. The Labute approximate surface area is 206 Å². The third-order valence-electron chi connectivity index (χ3n) is 6.92. The summed E-state index contributed by atoms with van der Waals surface area (Å²) in [5.41, 5.74) is 7.37. The number of halogens is 1. The maximum atomic E-state index is 13.9. The molecule has 2 aromatic heterocycles. The highest BCUT2D eigenvalue weighted by Crippen LogP contribution is 2.43. The quantitative estimate of drug-likeness (QED) is 0.370. The number of hydrogen-bond donors (Lipinski definition) is 1. The summed E-state index contributed by atoms with van der Waals surface area (Å²) in [4.78, 5) is 16.5. The molecule has 4 aromatic rings. The van der Waals surface area contributed by atoms with Crippen molar-refractivity contribution in [2.45, 2.75) is 38.7 Å². The maximum absolute atomic E-state index is 13.9. The first-order valence-electron chi connectivity index (χ1n) is 11.8. The topological polar surface area (TPSA) is 87.6 Å². The minimum Gasteiger partial charge on any atom is -0.488 e. The van der Waals surface area contributed by atoms with E-state index < -0.39 is 11.8 Å². The second-order valence-corrected chi connectivity index (χ2v) is 9.35. The predicted octanol–water partition coefficient (Wildman–Crippen LogP) is 5.88. The van der Waals surface area contributed by atoms with E-state index in [1.165, 1.54) is 12.1 Å². The number of hydrogen-bond acceptors (Lipinski definition) is 4. The zero-order valence-corrected chi connectivity index (χ0v) is 19.6. The predicted molar refractivity (Wildman–Crippen MR) is 131 cm³/mol. The monoisotopic (exact) mass is 479 g/mol. The molecule has 0 bridgehead atoms. The smallest absolute Gasteiger partial charge is 0.339 e. The Kier molecular flexibility index (Phi) is 5.11. The standard InChI is InChI=1S/C29H22FN3O3/c1-16(14-31)26-21-8-4-17(11-19(21)15-36-25-13-20(30)7-9-22(25)26)12-24-27(18-5-6-18)32-28-23(29(34)35)3-2-10-33(24)28/h2-4,7-11,13,18H,5-6,12,15H2,1H3,(H,34,35)/b26-16+. The van der Waals surface area contributed by atoms with Crippen molar-refractivity contribution >= 4 is 17.2 Å². The molecule has 0 unspecified atom stereocenters. The number of carboxylic acids is 1. The van der Waals surface area contributed by atoms with Gasteiger partial charge in [0.25, 0.3) is 0 Å². The SMILES string of the molecule is C/C(C#N)=C1/c2ccc(Cc3c(C4CC4)nc4c(C(=O)O)cccn34)cc2COc2cc(F)ccc21. The van der Waals surface area contributed by atoms with E-state index >= 15 is 0 Å². The number of carboxylic acid groups (broad SMARTS) is 1. The van der Waals surface area contributed by atoms with Gasteiger partial charge in [-0.05, 0) is 60.7 Å². The van der Waals surface area contributed by atoms with Crippen molar-refractivity contribution in [2.24, 2.45) is 0 Å². The molecule has 6 nitrogen and oxygen atoms in total. The van der Waals surface area contributed by atoms with Crippen LogP contribution in [0, 0.1) is 17.1 Å². The van der Waals surface area contributed by atoms with Crippen molar-refractivity contribution in [1.29, 1.82) is 5.26 Å². The number of imidazole rings is 1. The van der Waals surface area contributed by atoms with Crippen LogP contribution in [0.2, 0.25) is 0 Å². The summed E-state index contributed by atoms with van der Waals surface area (Å²) in [5.74, 6) is -0.626. The number of nitriles is 1. The second kappa shape index (κ2) is 8.35. The molecule has 0 amide bonds. The molecule has 1 aliphatic carbocycles. The fraction of sp³-hybridized carbons (Fsp3) is 0.207. The Morgan fingerprint density at radius 1 is 1.22 bits per heavy atom. The fourth-order valence-corrected chi connectivity index (χ4v) is 5.06. The van der Waals surface area contributed by atoms with Crippen LogP contribution < -0.4 is 4.74 Å². The van der Waals surface area contributed by atoms with Crippen molar-refractivity contribution in [3.63, 3.8) is 0 Å². The normalized spacial score (nSPS) is 15.9. The molecule has 1 fully saturated rings. The molecule has 2 aliphatic rings. The number of allylic oxidation sites excluding steroid dienone is 1. The molecule has 1 aliphatic heterocycles. The van der Waals surface area contributed by atoms with Gasteiger partial charge in [-0.1, -0.05) is 18.2 Å². The van der Waals surface area contributed by atoms with Crippen molar-refractivity contribution in [3.05, 3.63) is 105 Å². The molecule has 0 radical (unpaired) electrons. The first-order chi connectivity index (χ1) is 17.4. The minimum absolute atomic E-state index is 0.188. The third-order valence-corrected chi connectivity index (χ3v) is 6.92. The van der Waals surface area contributed by atoms with E-state index in [0.29, 0.717) is 34.9 Å². The highest BCUT2D eigenvalue weighted by atomic mass is 19.1. The summed E-state index contributed by atoms with van der Waals surface area (Å²) in [6.45, 7) is 2.00. The Balaban J connectivity index is 1.46. The number of nitrogens with zero attached hydrogens (tertiary/aromatic N) is 3. The van der Waals surface area contributed by atoms with Crippen LogP contribution in [0.4, 0.5) is 4.39 Å². The van der Waals surface area contributed by atoms with Crippen LogP contribution in [-0.2, 0) is 13.0 Å². The summed E-state index contributed by atoms with van der Waals surface area (Å²) in [5, 5.41) is 19.3. The van der Waals surface area contributed by atoms with E-state index in [1.807, 2.05) is 22.7 Å². The van der Waals surface area contributed by atoms with E-state index in [0.717, 1.165) is 46.5 Å². The van der Waals surface area contributed by atoms with Gasteiger partial charge in [-0.3, -0.25) is 0 Å². The number of ether oxygens (including phenoxy) is 1. The Morgan fingerprint density at radius 3 is 2.78 bits per heavy atom. The highest BCUT2D eigenvalue weighted by molar-refractivity contribution is 5.94. The van der Waals surface area contributed by atoms with Gasteiger partial charge in [0.2, 0.25) is 0 Å². The number of benzene rings is 2. The number of fused-ring (bicyclic) bond motifs is 3. The lowest BCUT2D eigenvalue weighted by molar-refractivity contribution is 0.0698. The van der Waals surface area contributed by atoms with Gasteiger partial charge >= 0.3 is 5.97 Å². The average Bonchev–Trinajstić information content (AvgIpc) is 3.67. The minimum atomic E-state index is -0.996. The molecule has 2 aromatic carbocycles. The largest absolute Gasteiger partial charge is 0.488 e. The summed E-state index contributed by atoms with van der Waals surface area (Å²) >= 11 is 0. The molecular weight excluding hydrogens is 457 g/mol. The van der Waals surface area contributed by atoms with Gasteiger partial charge < -0.3 is 14.2 Å². The van der Waals surface area contributed by atoms with Crippen molar-refractivity contribution < 1.29 is 19.0 Å². The molecule has 36 heavy (non-hydrogen) atoms. The third kappa shape index (κ3) is 3.62. The number of rotatable bonds is 4. The summed E-state index contributed by atoms with van der Waals surface area (Å²) in [7, 11) is 0. The first kappa shape index (κ1) is 22.1. The van der Waals surface area contributed by atoms with Gasteiger partial charge in [-0.15, -0.1) is 0 Å². The first-order valence-corrected chi connectivity index (χ1v) is 11.8. The van der Waals surface area contributed by atoms with Gasteiger partial charge in [0.05, 0.1) is 17.5 Å². The maximum Gasteiger partial charge on any atom is 0.339 e. The van der Waals surface area contributed by atoms with Crippen LogP contribution in [-0.4, -0.2) is 20.5 Å². The lowest BCUT2D eigenvalue weighted by Gasteiger charge is -2.13. The Hall–Kier alpha value is -4.44. The molecule has 0 saturated heterocycles. The molecule has 178 valence electrons. The molecule has 6 rings (SSSR count). The molecular formula is C29H22FN3O3. The molecule has 1 N–H and O–H groups in total.